The van der Waals surface area contributed by atoms with E-state index < -0.39 is 0 Å². The number of halogens is 2. The molecule has 1 aromatic rings. The van der Waals surface area contributed by atoms with Gasteiger partial charge in [-0.3, -0.25) is 0 Å². The van der Waals surface area contributed by atoms with E-state index in [9.17, 15) is 8.78 Å². The predicted octanol–water partition coefficient (Wildman–Crippen LogP) is 2.21. The summed E-state index contributed by atoms with van der Waals surface area (Å²) in [5.74, 6) is 0.447. The number of thioether (sulfide) groups is 1. The second-order valence-corrected chi connectivity index (χ2v) is 4.07. The first kappa shape index (κ1) is 8.97. The van der Waals surface area contributed by atoms with E-state index >= 15 is 0 Å². The van der Waals surface area contributed by atoms with E-state index in [1.807, 2.05) is 0 Å². The lowest BCUT2D eigenvalue weighted by Gasteiger charge is -2.22. The average molecular weight is 201 g/mol. The number of hydrogen-bond acceptors (Lipinski definition) is 2. The Bertz CT molecular complexity index is 341. The van der Waals surface area contributed by atoms with Gasteiger partial charge in [0.05, 0.1) is 0 Å². The van der Waals surface area contributed by atoms with Crippen molar-refractivity contribution in [2.75, 3.05) is 5.75 Å². The van der Waals surface area contributed by atoms with E-state index in [-0.39, 0.29) is 17.7 Å². The van der Waals surface area contributed by atoms with E-state index in [0.717, 1.165) is 12.1 Å². The van der Waals surface area contributed by atoms with Gasteiger partial charge in [0.2, 0.25) is 0 Å². The lowest BCUT2D eigenvalue weighted by molar-refractivity contribution is 0.561. The molecule has 0 bridgehead atoms. The van der Waals surface area contributed by atoms with Gasteiger partial charge in [-0.05, 0) is 12.1 Å². The second-order valence-electron chi connectivity index (χ2n) is 3.04. The van der Waals surface area contributed by atoms with Gasteiger partial charge in [0.25, 0.3) is 0 Å². The van der Waals surface area contributed by atoms with Crippen LogP contribution in [0.15, 0.2) is 12.1 Å². The molecule has 0 aromatic heterocycles. The highest BCUT2D eigenvalue weighted by Gasteiger charge is 2.23. The molecule has 1 aliphatic heterocycles. The maximum atomic E-state index is 13.2. The van der Waals surface area contributed by atoms with Crippen molar-refractivity contribution in [2.45, 2.75) is 11.8 Å². The summed E-state index contributed by atoms with van der Waals surface area (Å²) in [5, 5.41) is 0. The molecule has 1 atom stereocenters. The zero-order valence-electron chi connectivity index (χ0n) is 6.89. The fourth-order valence-electron chi connectivity index (χ4n) is 1.53. The van der Waals surface area contributed by atoms with Crippen molar-refractivity contribution in [1.29, 1.82) is 0 Å². The van der Waals surface area contributed by atoms with Crippen molar-refractivity contribution in [3.63, 3.8) is 0 Å². The van der Waals surface area contributed by atoms with Gasteiger partial charge in [-0.25, -0.2) is 8.78 Å². The van der Waals surface area contributed by atoms with Gasteiger partial charge in [0.15, 0.2) is 0 Å². The van der Waals surface area contributed by atoms with Crippen molar-refractivity contribution >= 4 is 11.8 Å². The largest absolute Gasteiger partial charge is 0.323 e. The standard InChI is InChI=1S/C9H9F2NS/c10-6-1-2-7(11)9-5(6)3-13-4-8(9)12/h1-2,8H,3-4,12H2/t8-/m0/s1. The molecule has 0 aliphatic carbocycles. The molecule has 0 saturated carbocycles. The maximum absolute atomic E-state index is 13.2. The molecular weight excluding hydrogens is 192 g/mol. The Morgan fingerprint density at radius 3 is 2.69 bits per heavy atom. The van der Waals surface area contributed by atoms with Crippen LogP contribution in [-0.4, -0.2) is 5.75 Å². The fourth-order valence-corrected chi connectivity index (χ4v) is 2.56. The Hall–Kier alpha value is -0.610. The SMILES string of the molecule is N[C@H]1CSCc2c(F)ccc(F)c21. The van der Waals surface area contributed by atoms with Crippen LogP contribution in [0.3, 0.4) is 0 Å². The summed E-state index contributed by atoms with van der Waals surface area (Å²) < 4.78 is 26.4. The molecule has 0 spiro atoms. The third-order valence-corrected chi connectivity index (χ3v) is 3.25. The molecule has 0 unspecified atom stereocenters. The Labute approximate surface area is 79.3 Å². The Balaban J connectivity index is 2.60. The van der Waals surface area contributed by atoms with Gasteiger partial charge < -0.3 is 5.73 Å². The third-order valence-electron chi connectivity index (χ3n) is 2.16. The summed E-state index contributed by atoms with van der Waals surface area (Å²) >= 11 is 1.54. The molecule has 70 valence electrons. The normalized spacial score (nSPS) is 21.3. The van der Waals surface area contributed by atoms with Crippen LogP contribution in [0.1, 0.15) is 17.2 Å². The highest BCUT2D eigenvalue weighted by atomic mass is 32.2. The zero-order chi connectivity index (χ0) is 9.42. The average Bonchev–Trinajstić information content (AvgIpc) is 2.12. The smallest absolute Gasteiger partial charge is 0.128 e. The van der Waals surface area contributed by atoms with E-state index in [0.29, 0.717) is 22.6 Å². The lowest BCUT2D eigenvalue weighted by Crippen LogP contribution is -2.21. The minimum Gasteiger partial charge on any atom is -0.323 e. The molecule has 1 nitrogen and oxygen atoms in total. The predicted molar refractivity (Wildman–Crippen MR) is 49.4 cm³/mol. The summed E-state index contributed by atoms with van der Waals surface area (Å²) in [6.45, 7) is 0. The summed E-state index contributed by atoms with van der Waals surface area (Å²) in [5.41, 5.74) is 6.48. The first-order valence-electron chi connectivity index (χ1n) is 4.00. The van der Waals surface area contributed by atoms with Crippen LogP contribution in [0.2, 0.25) is 0 Å². The molecule has 2 N–H and O–H groups in total. The molecule has 1 aliphatic rings. The van der Waals surface area contributed by atoms with Crippen LogP contribution in [0, 0.1) is 11.6 Å². The van der Waals surface area contributed by atoms with Crippen LogP contribution in [0.4, 0.5) is 8.78 Å². The van der Waals surface area contributed by atoms with Crippen molar-refractivity contribution in [3.05, 3.63) is 34.9 Å². The maximum Gasteiger partial charge on any atom is 0.128 e. The molecule has 1 aromatic carbocycles. The minimum atomic E-state index is -0.385. The number of nitrogens with two attached hydrogens (primary N) is 1. The summed E-state index contributed by atoms with van der Waals surface area (Å²) in [6, 6.07) is 1.93. The topological polar surface area (TPSA) is 26.0 Å². The van der Waals surface area contributed by atoms with Crippen LogP contribution < -0.4 is 5.73 Å². The Morgan fingerprint density at radius 1 is 1.31 bits per heavy atom. The van der Waals surface area contributed by atoms with Gasteiger partial charge in [-0.1, -0.05) is 0 Å². The van der Waals surface area contributed by atoms with Crippen LogP contribution in [-0.2, 0) is 5.75 Å². The van der Waals surface area contributed by atoms with E-state index in [1.165, 1.54) is 11.8 Å². The van der Waals surface area contributed by atoms with Crippen molar-refractivity contribution in [2.24, 2.45) is 5.73 Å². The van der Waals surface area contributed by atoms with E-state index in [4.69, 9.17) is 5.73 Å². The second kappa shape index (κ2) is 3.27. The Kier molecular flexibility index (Phi) is 2.26. The number of rotatable bonds is 0. The molecule has 1 heterocycles. The van der Waals surface area contributed by atoms with Gasteiger partial charge in [-0.15, -0.1) is 0 Å². The first-order chi connectivity index (χ1) is 6.20. The molecular formula is C9H9F2NS. The highest BCUT2D eigenvalue weighted by molar-refractivity contribution is 7.98. The van der Waals surface area contributed by atoms with Crippen LogP contribution in [0.25, 0.3) is 0 Å². The fraction of sp³-hybridized carbons (Fsp3) is 0.333. The molecule has 0 saturated heterocycles. The number of benzene rings is 1. The molecule has 2 rings (SSSR count). The molecule has 0 amide bonds. The van der Waals surface area contributed by atoms with Crippen molar-refractivity contribution in [1.82, 2.24) is 0 Å². The van der Waals surface area contributed by atoms with Crippen LogP contribution in [0.5, 0.6) is 0 Å². The summed E-state index contributed by atoms with van der Waals surface area (Å²) in [7, 11) is 0. The number of fused-ring (bicyclic) bond motifs is 1. The van der Waals surface area contributed by atoms with Gasteiger partial charge in [0.1, 0.15) is 11.6 Å². The van der Waals surface area contributed by atoms with E-state index in [1.54, 1.807) is 0 Å². The molecule has 13 heavy (non-hydrogen) atoms. The lowest BCUT2D eigenvalue weighted by atomic mass is 10.0. The van der Waals surface area contributed by atoms with E-state index in [2.05, 4.69) is 0 Å². The third kappa shape index (κ3) is 1.44. The molecule has 4 heteroatoms. The van der Waals surface area contributed by atoms with Crippen molar-refractivity contribution < 1.29 is 8.78 Å². The number of hydrogen-bond donors (Lipinski definition) is 1. The quantitative estimate of drug-likeness (QED) is 0.696. The molecule has 0 fully saturated rings. The van der Waals surface area contributed by atoms with Gasteiger partial charge in [-0.2, -0.15) is 11.8 Å². The van der Waals surface area contributed by atoms with Crippen molar-refractivity contribution in [3.8, 4) is 0 Å². The highest BCUT2D eigenvalue weighted by Crippen LogP contribution is 2.33. The van der Waals surface area contributed by atoms with Gasteiger partial charge in [0, 0.05) is 28.7 Å². The Morgan fingerprint density at radius 2 is 2.00 bits per heavy atom. The van der Waals surface area contributed by atoms with Gasteiger partial charge >= 0.3 is 0 Å². The summed E-state index contributed by atoms with van der Waals surface area (Å²) in [6.07, 6.45) is 0. The summed E-state index contributed by atoms with van der Waals surface area (Å²) in [4.78, 5) is 0. The minimum absolute atomic E-state index is 0.348. The molecule has 0 radical (unpaired) electrons. The van der Waals surface area contributed by atoms with Crippen LogP contribution >= 0.6 is 11.8 Å². The zero-order valence-corrected chi connectivity index (χ0v) is 7.70. The monoisotopic (exact) mass is 201 g/mol. The first-order valence-corrected chi connectivity index (χ1v) is 5.15.